The van der Waals surface area contributed by atoms with Crippen LogP contribution in [0.15, 0.2) is 22.7 Å². The van der Waals surface area contributed by atoms with Crippen molar-refractivity contribution in [2.45, 2.75) is 6.54 Å². The molecule has 1 N–H and O–H groups in total. The quantitative estimate of drug-likeness (QED) is 0.669. The van der Waals surface area contributed by atoms with E-state index in [9.17, 15) is 4.39 Å². The Kier molecular flexibility index (Phi) is 2.40. The molecule has 0 aromatic heterocycles. The Labute approximate surface area is 67.2 Å². The summed E-state index contributed by atoms with van der Waals surface area (Å²) in [6.07, 6.45) is 0. The van der Waals surface area contributed by atoms with Gasteiger partial charge in [0.1, 0.15) is 5.82 Å². The first-order valence-electron chi connectivity index (χ1n) is 2.82. The van der Waals surface area contributed by atoms with Crippen LogP contribution < -0.4 is 5.73 Å². The molecule has 0 aliphatic carbocycles. The minimum absolute atomic E-state index is 0.00866. The number of hydrogen-bond donors (Lipinski definition) is 0. The summed E-state index contributed by atoms with van der Waals surface area (Å²) in [5, 5.41) is 0. The van der Waals surface area contributed by atoms with E-state index >= 15 is 0 Å². The van der Waals surface area contributed by atoms with Gasteiger partial charge in [-0.2, -0.15) is 0 Å². The standard InChI is InChI=1S/C7H6BrFN/c8-6-1-2-7(9)5(3-6)4-10/h1-3,10H,4H2. The van der Waals surface area contributed by atoms with Gasteiger partial charge in [-0.25, -0.2) is 4.39 Å². The van der Waals surface area contributed by atoms with Crippen molar-refractivity contribution in [3.63, 3.8) is 0 Å². The fourth-order valence-electron chi connectivity index (χ4n) is 0.679. The van der Waals surface area contributed by atoms with Gasteiger partial charge in [0.2, 0.25) is 0 Å². The Morgan fingerprint density at radius 3 is 2.70 bits per heavy atom. The van der Waals surface area contributed by atoms with Crippen LogP contribution in [0.25, 0.3) is 0 Å². The minimum atomic E-state index is -0.307. The van der Waals surface area contributed by atoms with E-state index in [1.54, 1.807) is 12.1 Å². The van der Waals surface area contributed by atoms with E-state index in [2.05, 4.69) is 15.9 Å². The predicted octanol–water partition coefficient (Wildman–Crippen LogP) is 2.37. The van der Waals surface area contributed by atoms with Gasteiger partial charge in [0.25, 0.3) is 0 Å². The summed E-state index contributed by atoms with van der Waals surface area (Å²) in [6.45, 7) is -0.00866. The van der Waals surface area contributed by atoms with Crippen LogP contribution in [0.1, 0.15) is 5.56 Å². The third-order valence-electron chi connectivity index (χ3n) is 1.20. The van der Waals surface area contributed by atoms with Crippen molar-refractivity contribution in [1.29, 1.82) is 0 Å². The van der Waals surface area contributed by atoms with Crippen LogP contribution in [0.5, 0.6) is 0 Å². The zero-order chi connectivity index (χ0) is 7.56. The minimum Gasteiger partial charge on any atom is -0.253 e. The van der Waals surface area contributed by atoms with Gasteiger partial charge in [-0.3, -0.25) is 5.73 Å². The third-order valence-corrected chi connectivity index (χ3v) is 1.69. The monoisotopic (exact) mass is 202 g/mol. The van der Waals surface area contributed by atoms with Gasteiger partial charge in [0.05, 0.1) is 0 Å². The van der Waals surface area contributed by atoms with Gasteiger partial charge in [0, 0.05) is 16.6 Å². The SMILES string of the molecule is [NH]Cc1cc(Br)ccc1F. The number of hydrogen-bond acceptors (Lipinski definition) is 0. The molecule has 1 rings (SSSR count). The highest BCUT2D eigenvalue weighted by atomic mass is 79.9. The van der Waals surface area contributed by atoms with Crippen LogP contribution in [0.2, 0.25) is 0 Å². The van der Waals surface area contributed by atoms with E-state index in [4.69, 9.17) is 5.73 Å². The maximum atomic E-state index is 12.6. The maximum Gasteiger partial charge on any atom is 0.127 e. The average molecular weight is 203 g/mol. The van der Waals surface area contributed by atoms with E-state index in [-0.39, 0.29) is 12.4 Å². The fourth-order valence-corrected chi connectivity index (χ4v) is 1.09. The lowest BCUT2D eigenvalue weighted by Gasteiger charge is -1.97. The Hall–Kier alpha value is -0.410. The molecule has 53 valence electrons. The Bertz CT molecular complexity index is 237. The third kappa shape index (κ3) is 1.55. The van der Waals surface area contributed by atoms with Gasteiger partial charge < -0.3 is 0 Å². The zero-order valence-electron chi connectivity index (χ0n) is 5.20. The molecule has 0 aliphatic rings. The van der Waals surface area contributed by atoms with Gasteiger partial charge >= 0.3 is 0 Å². The van der Waals surface area contributed by atoms with Crippen molar-refractivity contribution in [2.24, 2.45) is 0 Å². The normalized spacial score (nSPS) is 9.90. The number of rotatable bonds is 1. The van der Waals surface area contributed by atoms with E-state index in [1.165, 1.54) is 6.07 Å². The molecule has 1 nitrogen and oxygen atoms in total. The second-order valence-electron chi connectivity index (χ2n) is 1.91. The molecule has 1 aromatic rings. The van der Waals surface area contributed by atoms with Gasteiger partial charge in [-0.15, -0.1) is 0 Å². The molecule has 3 heteroatoms. The van der Waals surface area contributed by atoms with Crippen molar-refractivity contribution in [2.75, 3.05) is 0 Å². The first-order valence-corrected chi connectivity index (χ1v) is 3.62. The first kappa shape index (κ1) is 7.69. The van der Waals surface area contributed by atoms with E-state index in [0.29, 0.717) is 5.56 Å². The molecule has 0 atom stereocenters. The molecule has 0 heterocycles. The smallest absolute Gasteiger partial charge is 0.127 e. The van der Waals surface area contributed by atoms with Crippen LogP contribution in [0.3, 0.4) is 0 Å². The highest BCUT2D eigenvalue weighted by Crippen LogP contribution is 2.14. The van der Waals surface area contributed by atoms with Crippen molar-refractivity contribution < 1.29 is 4.39 Å². The van der Waals surface area contributed by atoms with Crippen molar-refractivity contribution in [3.8, 4) is 0 Å². The summed E-state index contributed by atoms with van der Waals surface area (Å²) in [6, 6.07) is 4.59. The molecule has 0 amide bonds. The Morgan fingerprint density at radius 1 is 1.50 bits per heavy atom. The average Bonchev–Trinajstić information content (AvgIpc) is 1.94. The number of benzene rings is 1. The van der Waals surface area contributed by atoms with Crippen molar-refractivity contribution >= 4 is 15.9 Å². The van der Waals surface area contributed by atoms with Crippen LogP contribution in [-0.4, -0.2) is 0 Å². The van der Waals surface area contributed by atoms with Crippen LogP contribution >= 0.6 is 15.9 Å². The van der Waals surface area contributed by atoms with E-state index in [0.717, 1.165) is 4.47 Å². The molecule has 1 radical (unpaired) electrons. The largest absolute Gasteiger partial charge is 0.253 e. The van der Waals surface area contributed by atoms with Crippen molar-refractivity contribution in [3.05, 3.63) is 34.1 Å². The Balaban J connectivity index is 3.09. The molecule has 0 fully saturated rings. The molecule has 0 spiro atoms. The van der Waals surface area contributed by atoms with Crippen molar-refractivity contribution in [1.82, 2.24) is 5.73 Å². The second-order valence-corrected chi connectivity index (χ2v) is 2.83. The fraction of sp³-hybridized carbons (Fsp3) is 0.143. The molecule has 0 saturated carbocycles. The summed E-state index contributed by atoms with van der Waals surface area (Å²) in [7, 11) is 0. The molecule has 0 unspecified atom stereocenters. The first-order chi connectivity index (χ1) is 4.74. The van der Waals surface area contributed by atoms with Gasteiger partial charge in [-0.1, -0.05) is 15.9 Å². The second kappa shape index (κ2) is 3.12. The predicted molar refractivity (Wildman–Crippen MR) is 40.9 cm³/mol. The van der Waals surface area contributed by atoms with Crippen LogP contribution in [0, 0.1) is 5.82 Å². The van der Waals surface area contributed by atoms with Gasteiger partial charge in [0.15, 0.2) is 0 Å². The summed E-state index contributed by atoms with van der Waals surface area (Å²) in [4.78, 5) is 0. The molecular weight excluding hydrogens is 197 g/mol. The summed E-state index contributed by atoms with van der Waals surface area (Å²) < 4.78 is 13.4. The molecule has 1 aromatic carbocycles. The topological polar surface area (TPSA) is 23.8 Å². The van der Waals surface area contributed by atoms with E-state index < -0.39 is 0 Å². The van der Waals surface area contributed by atoms with Crippen LogP contribution in [-0.2, 0) is 6.54 Å². The maximum absolute atomic E-state index is 12.6. The van der Waals surface area contributed by atoms with Crippen LogP contribution in [0.4, 0.5) is 4.39 Å². The lowest BCUT2D eigenvalue weighted by atomic mass is 10.2. The molecule has 0 saturated heterocycles. The summed E-state index contributed by atoms with van der Waals surface area (Å²) >= 11 is 3.19. The zero-order valence-corrected chi connectivity index (χ0v) is 6.78. The molecule has 0 aliphatic heterocycles. The summed E-state index contributed by atoms with van der Waals surface area (Å²) in [5.74, 6) is -0.307. The lowest BCUT2D eigenvalue weighted by Crippen LogP contribution is -1.89. The highest BCUT2D eigenvalue weighted by molar-refractivity contribution is 9.10. The Morgan fingerprint density at radius 2 is 2.20 bits per heavy atom. The highest BCUT2D eigenvalue weighted by Gasteiger charge is 1.98. The lowest BCUT2D eigenvalue weighted by molar-refractivity contribution is 0.609. The van der Waals surface area contributed by atoms with Gasteiger partial charge in [-0.05, 0) is 18.2 Å². The van der Waals surface area contributed by atoms with E-state index in [1.807, 2.05) is 0 Å². The number of halogens is 2. The number of nitrogens with one attached hydrogen (secondary N) is 1. The molecule has 10 heavy (non-hydrogen) atoms. The molecule has 0 bridgehead atoms. The summed E-state index contributed by atoms with van der Waals surface area (Å²) in [5.41, 5.74) is 7.35. The molecular formula is C7H6BrFN.